The lowest BCUT2D eigenvalue weighted by Gasteiger charge is -2.20. The summed E-state index contributed by atoms with van der Waals surface area (Å²) in [4.78, 5) is 24.4. The van der Waals surface area contributed by atoms with Crippen LogP contribution in [0.3, 0.4) is 0 Å². The van der Waals surface area contributed by atoms with Gasteiger partial charge in [-0.2, -0.15) is 0 Å². The van der Waals surface area contributed by atoms with Crippen LogP contribution in [0.1, 0.15) is 271 Å². The lowest BCUT2D eigenvalue weighted by molar-refractivity contribution is -0.143. The van der Waals surface area contributed by atoms with E-state index in [1.807, 2.05) is 6.08 Å². The fourth-order valence-corrected chi connectivity index (χ4v) is 7.74. The number of esters is 1. The van der Waals surface area contributed by atoms with Gasteiger partial charge in [0.15, 0.2) is 0 Å². The summed E-state index contributed by atoms with van der Waals surface area (Å²) in [7, 11) is 0. The summed E-state index contributed by atoms with van der Waals surface area (Å²) >= 11 is 0. The van der Waals surface area contributed by atoms with Crippen LogP contribution in [0.25, 0.3) is 0 Å². The van der Waals surface area contributed by atoms with E-state index in [2.05, 4.69) is 31.3 Å². The maximum absolute atomic E-state index is 12.4. The van der Waals surface area contributed by atoms with Crippen molar-refractivity contribution in [1.29, 1.82) is 0 Å². The highest BCUT2D eigenvalue weighted by molar-refractivity contribution is 5.76. The van der Waals surface area contributed by atoms with E-state index < -0.39 is 12.1 Å². The molecule has 0 aliphatic heterocycles. The number of aliphatic hydroxyl groups excluding tert-OH is 2. The Morgan fingerprint density at radius 2 is 0.810 bits per heavy atom. The molecule has 342 valence electrons. The van der Waals surface area contributed by atoms with Gasteiger partial charge in [0, 0.05) is 12.8 Å². The first-order valence-corrected chi connectivity index (χ1v) is 25.6. The number of unbranched alkanes of at least 4 members (excludes halogenated alkanes) is 34. The van der Waals surface area contributed by atoms with Crippen LogP contribution in [0.5, 0.6) is 0 Å². The lowest BCUT2D eigenvalue weighted by atomic mass is 10.0. The van der Waals surface area contributed by atoms with Crippen molar-refractivity contribution in [2.75, 3.05) is 13.2 Å². The quantitative estimate of drug-likeness (QED) is 0.0323. The second kappa shape index (κ2) is 48.0. The van der Waals surface area contributed by atoms with Crippen molar-refractivity contribution < 1.29 is 24.5 Å². The second-order valence-corrected chi connectivity index (χ2v) is 17.5. The average Bonchev–Trinajstić information content (AvgIpc) is 3.22. The van der Waals surface area contributed by atoms with Crippen LogP contribution in [0, 0.1) is 0 Å². The molecule has 0 saturated heterocycles. The van der Waals surface area contributed by atoms with Crippen molar-refractivity contribution in [2.45, 2.75) is 283 Å². The molecule has 0 spiro atoms. The lowest BCUT2D eigenvalue weighted by Crippen LogP contribution is -2.45. The monoisotopic (exact) mass is 818 g/mol. The smallest absolute Gasteiger partial charge is 0.305 e. The highest BCUT2D eigenvalue weighted by Gasteiger charge is 2.18. The minimum Gasteiger partial charge on any atom is -0.466 e. The number of rotatable bonds is 47. The van der Waals surface area contributed by atoms with Gasteiger partial charge >= 0.3 is 5.97 Å². The SMILES string of the molecule is CCCCCCCCC/C=C\CCCCCCCCCC(=O)OCCCCCCCCCCCCCCCC(=O)NC(CO)C(O)/C=C/CCCCCCCCCC. The van der Waals surface area contributed by atoms with Gasteiger partial charge in [0.25, 0.3) is 0 Å². The largest absolute Gasteiger partial charge is 0.466 e. The first kappa shape index (κ1) is 56.3. The maximum atomic E-state index is 12.4. The van der Waals surface area contributed by atoms with Crippen LogP contribution in [-0.2, 0) is 14.3 Å². The number of carbonyl (C=O) groups is 2. The van der Waals surface area contributed by atoms with Crippen LogP contribution in [-0.4, -0.2) is 47.4 Å². The second-order valence-electron chi connectivity index (χ2n) is 17.5. The molecule has 0 aliphatic rings. The van der Waals surface area contributed by atoms with Gasteiger partial charge < -0.3 is 20.3 Å². The van der Waals surface area contributed by atoms with Crippen LogP contribution >= 0.6 is 0 Å². The molecule has 0 aromatic heterocycles. The Bertz CT molecular complexity index is 904. The van der Waals surface area contributed by atoms with E-state index in [9.17, 15) is 19.8 Å². The van der Waals surface area contributed by atoms with Gasteiger partial charge in [-0.15, -0.1) is 0 Å². The summed E-state index contributed by atoms with van der Waals surface area (Å²) in [5, 5.41) is 22.9. The Morgan fingerprint density at radius 3 is 1.22 bits per heavy atom. The van der Waals surface area contributed by atoms with Crippen molar-refractivity contribution in [3.63, 3.8) is 0 Å². The number of ether oxygens (including phenoxy) is 1. The van der Waals surface area contributed by atoms with E-state index in [1.54, 1.807) is 6.08 Å². The predicted molar refractivity (Wildman–Crippen MR) is 250 cm³/mol. The number of allylic oxidation sites excluding steroid dienone is 3. The van der Waals surface area contributed by atoms with E-state index in [0.29, 0.717) is 19.4 Å². The van der Waals surface area contributed by atoms with Crippen molar-refractivity contribution in [3.05, 3.63) is 24.3 Å². The van der Waals surface area contributed by atoms with E-state index in [4.69, 9.17) is 4.74 Å². The minimum absolute atomic E-state index is 0.0104. The molecule has 0 saturated carbocycles. The molecule has 0 aliphatic carbocycles. The van der Waals surface area contributed by atoms with Gasteiger partial charge in [-0.05, 0) is 57.8 Å². The standard InChI is InChI=1S/C52H99NO5/c1-3-5-7-9-11-13-15-16-17-18-19-20-23-26-30-34-38-42-46-52(57)58-47-43-39-35-31-27-24-21-22-25-29-33-37-41-45-51(56)53-49(48-54)50(55)44-40-36-32-28-14-12-10-8-6-4-2/h17-18,40,44,49-50,54-55H,3-16,19-39,41-43,45-48H2,1-2H3,(H,53,56)/b18-17-,44-40+. The Kier molecular flexibility index (Phi) is 46.6. The van der Waals surface area contributed by atoms with Crippen LogP contribution in [0.2, 0.25) is 0 Å². The summed E-state index contributed by atoms with van der Waals surface area (Å²) in [5.41, 5.74) is 0. The zero-order chi connectivity index (χ0) is 42.3. The normalized spacial score (nSPS) is 12.8. The van der Waals surface area contributed by atoms with Gasteiger partial charge in [0.1, 0.15) is 0 Å². The first-order valence-electron chi connectivity index (χ1n) is 25.6. The van der Waals surface area contributed by atoms with E-state index in [1.165, 1.54) is 186 Å². The number of carbonyl (C=O) groups excluding carboxylic acids is 2. The molecule has 6 nitrogen and oxygen atoms in total. The first-order chi connectivity index (χ1) is 28.5. The van der Waals surface area contributed by atoms with Crippen LogP contribution in [0.4, 0.5) is 0 Å². The van der Waals surface area contributed by atoms with Gasteiger partial charge in [-0.3, -0.25) is 9.59 Å². The molecule has 2 unspecified atom stereocenters. The topological polar surface area (TPSA) is 95.9 Å². The zero-order valence-corrected chi connectivity index (χ0v) is 38.8. The summed E-state index contributed by atoms with van der Waals surface area (Å²) in [6.07, 6.45) is 56.1. The molecule has 1 amide bonds. The maximum Gasteiger partial charge on any atom is 0.305 e. The Hall–Kier alpha value is -1.66. The average molecular weight is 818 g/mol. The number of hydrogen-bond donors (Lipinski definition) is 3. The number of aliphatic hydroxyl groups is 2. The molecule has 58 heavy (non-hydrogen) atoms. The summed E-state index contributed by atoms with van der Waals surface area (Å²) in [5.74, 6) is -0.0934. The predicted octanol–water partition coefficient (Wildman–Crippen LogP) is 15.1. The molecular formula is C52H99NO5. The Labute approximate surface area is 361 Å². The fraction of sp³-hybridized carbons (Fsp3) is 0.885. The molecule has 3 N–H and O–H groups in total. The molecule has 0 radical (unpaired) electrons. The number of amides is 1. The summed E-state index contributed by atoms with van der Waals surface area (Å²) < 4.78 is 5.47. The molecule has 0 aromatic carbocycles. The third-order valence-corrected chi connectivity index (χ3v) is 11.7. The highest BCUT2D eigenvalue weighted by atomic mass is 16.5. The van der Waals surface area contributed by atoms with Crippen LogP contribution < -0.4 is 5.32 Å². The van der Waals surface area contributed by atoms with Crippen molar-refractivity contribution in [2.24, 2.45) is 0 Å². The Balaban J connectivity index is 3.44. The molecule has 0 bridgehead atoms. The van der Waals surface area contributed by atoms with Crippen molar-refractivity contribution in [1.82, 2.24) is 5.32 Å². The summed E-state index contributed by atoms with van der Waals surface area (Å²) in [6.45, 7) is 4.85. The third kappa shape index (κ3) is 43.9. The Morgan fingerprint density at radius 1 is 0.466 bits per heavy atom. The fourth-order valence-electron chi connectivity index (χ4n) is 7.74. The zero-order valence-electron chi connectivity index (χ0n) is 38.8. The molecule has 0 fully saturated rings. The molecule has 0 heterocycles. The molecular weight excluding hydrogens is 719 g/mol. The van der Waals surface area contributed by atoms with Gasteiger partial charge in [0.05, 0.1) is 25.4 Å². The highest BCUT2D eigenvalue weighted by Crippen LogP contribution is 2.15. The van der Waals surface area contributed by atoms with Gasteiger partial charge in [0.2, 0.25) is 5.91 Å². The third-order valence-electron chi connectivity index (χ3n) is 11.7. The number of nitrogens with one attached hydrogen (secondary N) is 1. The summed E-state index contributed by atoms with van der Waals surface area (Å²) in [6, 6.07) is -0.635. The number of hydrogen-bond acceptors (Lipinski definition) is 5. The van der Waals surface area contributed by atoms with Gasteiger partial charge in [-0.25, -0.2) is 0 Å². The minimum atomic E-state index is -0.851. The molecule has 2 atom stereocenters. The van der Waals surface area contributed by atoms with Crippen molar-refractivity contribution >= 4 is 11.9 Å². The molecule has 0 rings (SSSR count). The molecule has 6 heteroatoms. The van der Waals surface area contributed by atoms with E-state index in [0.717, 1.165) is 57.8 Å². The van der Waals surface area contributed by atoms with E-state index in [-0.39, 0.29) is 18.5 Å². The van der Waals surface area contributed by atoms with Crippen LogP contribution in [0.15, 0.2) is 24.3 Å². The molecule has 0 aromatic rings. The van der Waals surface area contributed by atoms with E-state index >= 15 is 0 Å². The van der Waals surface area contributed by atoms with Gasteiger partial charge in [-0.1, -0.05) is 224 Å². The van der Waals surface area contributed by atoms with Crippen molar-refractivity contribution in [3.8, 4) is 0 Å².